The summed E-state index contributed by atoms with van der Waals surface area (Å²) in [4.78, 5) is 24.4. The molecule has 23 heavy (non-hydrogen) atoms. The van der Waals surface area contributed by atoms with Crippen molar-refractivity contribution in [3.8, 4) is 0 Å². The predicted molar refractivity (Wildman–Crippen MR) is 89.1 cm³/mol. The Labute approximate surface area is 139 Å². The van der Waals surface area contributed by atoms with Crippen LogP contribution in [0.1, 0.15) is 37.1 Å². The maximum absolute atomic E-state index is 12.9. The molecule has 1 aromatic heterocycles. The van der Waals surface area contributed by atoms with Crippen molar-refractivity contribution in [3.63, 3.8) is 0 Å². The van der Waals surface area contributed by atoms with E-state index in [1.54, 1.807) is 12.1 Å². The largest absolute Gasteiger partial charge is 0.324 e. The lowest BCUT2D eigenvalue weighted by molar-refractivity contribution is -0.884. The quantitative estimate of drug-likeness (QED) is 0.388. The van der Waals surface area contributed by atoms with Gasteiger partial charge < -0.3 is 5.32 Å². The standard InChI is InChI=1S/C16H22N3O3S/c1-3-13(14-7-8-15(23-14)18(21)22)19(16(20)4-2)9-11-5-6-12(10-19)17-11/h3,7-8,11-13,17H,1,4-6,9-10H2,2H3/q+1. The number of carbonyl (C=O) groups is 1. The van der Waals surface area contributed by atoms with Gasteiger partial charge in [-0.05, 0) is 25.0 Å². The maximum atomic E-state index is 12.9. The van der Waals surface area contributed by atoms with Crippen molar-refractivity contribution in [1.82, 2.24) is 5.32 Å². The minimum absolute atomic E-state index is 0.118. The summed E-state index contributed by atoms with van der Waals surface area (Å²) in [6.07, 6.45) is 4.46. The Bertz CT molecular complexity index is 630. The van der Waals surface area contributed by atoms with Crippen LogP contribution in [0, 0.1) is 10.1 Å². The molecule has 2 bridgehead atoms. The maximum Gasteiger partial charge on any atom is 0.324 e. The molecule has 2 aliphatic heterocycles. The van der Waals surface area contributed by atoms with Gasteiger partial charge in [-0.2, -0.15) is 0 Å². The van der Waals surface area contributed by atoms with E-state index in [1.807, 2.05) is 6.92 Å². The Morgan fingerprint density at radius 2 is 2.17 bits per heavy atom. The Hall–Kier alpha value is -1.57. The van der Waals surface area contributed by atoms with Crippen molar-refractivity contribution >= 4 is 22.2 Å². The lowest BCUT2D eigenvalue weighted by atomic mass is 10.0. The van der Waals surface area contributed by atoms with Crippen molar-refractivity contribution in [3.05, 3.63) is 39.8 Å². The van der Waals surface area contributed by atoms with Crippen LogP contribution in [0.2, 0.25) is 0 Å². The zero-order valence-electron chi connectivity index (χ0n) is 13.2. The highest BCUT2D eigenvalue weighted by Gasteiger charge is 2.51. The summed E-state index contributed by atoms with van der Waals surface area (Å²) in [6, 6.07) is 3.80. The second kappa shape index (κ2) is 6.14. The topological polar surface area (TPSA) is 72.2 Å². The van der Waals surface area contributed by atoms with Gasteiger partial charge in [-0.1, -0.05) is 24.8 Å². The SMILES string of the molecule is C=CC(c1ccc([N+](=O)[O-])s1)[N+]1(C(=O)CC)CC2CCC(C1)N2. The zero-order valence-corrected chi connectivity index (χ0v) is 14.1. The molecule has 3 rings (SSSR count). The Kier molecular flexibility index (Phi) is 4.35. The number of nitro groups is 1. The molecule has 3 unspecified atom stereocenters. The normalized spacial score (nSPS) is 30.8. The fraction of sp³-hybridized carbons (Fsp3) is 0.562. The summed E-state index contributed by atoms with van der Waals surface area (Å²) >= 11 is 1.16. The van der Waals surface area contributed by atoms with Crippen LogP contribution in [-0.2, 0) is 4.79 Å². The van der Waals surface area contributed by atoms with Gasteiger partial charge >= 0.3 is 10.9 Å². The lowest BCUT2D eigenvalue weighted by Crippen LogP contribution is -2.66. The van der Waals surface area contributed by atoms with Crippen LogP contribution in [0.15, 0.2) is 24.8 Å². The third-order valence-corrected chi connectivity index (χ3v) is 6.17. The number of carbonyl (C=O) groups excluding carboxylic acids is 1. The molecule has 3 atom stereocenters. The molecular formula is C16H22N3O3S+. The van der Waals surface area contributed by atoms with Gasteiger partial charge in [0.25, 0.3) is 0 Å². The minimum Gasteiger partial charge on any atom is -0.301 e. The number of fused-ring (bicyclic) bond motifs is 2. The van der Waals surface area contributed by atoms with E-state index in [2.05, 4.69) is 11.9 Å². The summed E-state index contributed by atoms with van der Waals surface area (Å²) in [5, 5.41) is 14.7. The average molecular weight is 336 g/mol. The van der Waals surface area contributed by atoms with Gasteiger partial charge in [-0.3, -0.25) is 10.1 Å². The highest BCUT2D eigenvalue weighted by atomic mass is 32.1. The average Bonchev–Trinajstić information content (AvgIpc) is 3.14. The molecule has 0 aliphatic carbocycles. The van der Waals surface area contributed by atoms with Crippen molar-refractivity contribution < 1.29 is 14.2 Å². The molecule has 1 N–H and O–H groups in total. The van der Waals surface area contributed by atoms with Gasteiger partial charge in [0.05, 0.1) is 28.3 Å². The smallest absolute Gasteiger partial charge is 0.301 e. The van der Waals surface area contributed by atoms with Crippen molar-refractivity contribution in [2.24, 2.45) is 0 Å². The first-order valence-corrected chi connectivity index (χ1v) is 8.84. The fourth-order valence-corrected chi connectivity index (χ4v) is 5.12. The van der Waals surface area contributed by atoms with Crippen LogP contribution < -0.4 is 5.32 Å². The minimum atomic E-state index is -0.373. The van der Waals surface area contributed by atoms with Gasteiger partial charge in [-0.25, -0.2) is 9.28 Å². The monoisotopic (exact) mass is 336 g/mol. The third-order valence-electron chi connectivity index (χ3n) is 5.07. The van der Waals surface area contributed by atoms with Gasteiger partial charge in [0.1, 0.15) is 19.1 Å². The Morgan fingerprint density at radius 3 is 2.65 bits per heavy atom. The number of piperazine rings is 1. The Morgan fingerprint density at radius 1 is 1.52 bits per heavy atom. The van der Waals surface area contributed by atoms with Gasteiger partial charge in [0.15, 0.2) is 0 Å². The van der Waals surface area contributed by atoms with E-state index in [0.29, 0.717) is 23.0 Å². The van der Waals surface area contributed by atoms with E-state index in [4.69, 9.17) is 0 Å². The van der Waals surface area contributed by atoms with E-state index in [9.17, 15) is 14.9 Å². The molecule has 0 spiro atoms. The van der Waals surface area contributed by atoms with Crippen molar-refractivity contribution in [2.75, 3.05) is 13.1 Å². The first-order valence-electron chi connectivity index (χ1n) is 8.03. The molecule has 2 aliphatic rings. The number of nitrogens with one attached hydrogen (secondary N) is 1. The predicted octanol–water partition coefficient (Wildman–Crippen LogP) is 2.77. The molecule has 1 aromatic rings. The van der Waals surface area contributed by atoms with Crippen LogP contribution >= 0.6 is 11.3 Å². The summed E-state index contributed by atoms with van der Waals surface area (Å²) in [7, 11) is 0. The summed E-state index contributed by atoms with van der Waals surface area (Å²) in [5.41, 5.74) is 0. The number of nitrogens with zero attached hydrogens (tertiary/aromatic N) is 2. The highest BCUT2D eigenvalue weighted by Crippen LogP contribution is 2.41. The second-order valence-electron chi connectivity index (χ2n) is 6.40. The van der Waals surface area contributed by atoms with Gasteiger partial charge in [-0.15, -0.1) is 0 Å². The number of likely N-dealkylation sites (tertiary alicyclic amines) is 1. The number of amides is 1. The van der Waals surface area contributed by atoms with Gasteiger partial charge in [0, 0.05) is 6.07 Å². The summed E-state index contributed by atoms with van der Waals surface area (Å²) in [6.45, 7) is 7.32. The van der Waals surface area contributed by atoms with E-state index < -0.39 is 0 Å². The molecule has 3 heterocycles. The van der Waals surface area contributed by atoms with E-state index >= 15 is 0 Å². The second-order valence-corrected chi connectivity index (χ2v) is 7.49. The molecule has 2 saturated heterocycles. The molecule has 124 valence electrons. The lowest BCUT2D eigenvalue weighted by Gasteiger charge is -2.46. The van der Waals surface area contributed by atoms with Crippen LogP contribution in [0.3, 0.4) is 0 Å². The fourth-order valence-electron chi connectivity index (χ4n) is 4.11. The molecule has 1 amide bonds. The summed E-state index contributed by atoms with van der Waals surface area (Å²) < 4.78 is 0.347. The van der Waals surface area contributed by atoms with Crippen LogP contribution in [0.5, 0.6) is 0 Å². The van der Waals surface area contributed by atoms with E-state index in [-0.39, 0.29) is 21.9 Å². The van der Waals surface area contributed by atoms with Crippen LogP contribution in [0.25, 0.3) is 0 Å². The van der Waals surface area contributed by atoms with E-state index in [0.717, 1.165) is 42.1 Å². The number of quaternary nitrogens is 1. The van der Waals surface area contributed by atoms with Crippen LogP contribution in [-0.4, -0.2) is 40.5 Å². The molecule has 0 radical (unpaired) electrons. The third kappa shape index (κ3) is 2.73. The number of hydrogen-bond acceptors (Lipinski definition) is 5. The molecular weight excluding hydrogens is 314 g/mol. The molecule has 6 nitrogen and oxygen atoms in total. The molecule has 0 aromatic carbocycles. The first-order chi connectivity index (χ1) is 11.0. The van der Waals surface area contributed by atoms with Crippen molar-refractivity contribution in [2.45, 2.75) is 44.3 Å². The van der Waals surface area contributed by atoms with Gasteiger partial charge in [0.2, 0.25) is 0 Å². The van der Waals surface area contributed by atoms with E-state index in [1.165, 1.54) is 6.07 Å². The highest BCUT2D eigenvalue weighted by molar-refractivity contribution is 7.15. The number of thiophene rings is 1. The molecule has 7 heteroatoms. The number of hydrogen-bond donors (Lipinski definition) is 1. The Balaban J connectivity index is 2.01. The first kappa shape index (κ1) is 16.3. The molecule has 2 fully saturated rings. The van der Waals surface area contributed by atoms with Crippen molar-refractivity contribution in [1.29, 1.82) is 0 Å². The van der Waals surface area contributed by atoms with Crippen LogP contribution in [0.4, 0.5) is 5.00 Å². The zero-order chi connectivity index (χ0) is 16.6. The molecule has 0 saturated carbocycles. The number of rotatable bonds is 5. The summed E-state index contributed by atoms with van der Waals surface area (Å²) in [5.74, 6) is 0.198.